The number of carbonyl (C=O) groups excluding carboxylic acids is 2. The number of nitrogen functional groups attached to an aromatic ring is 1. The summed E-state index contributed by atoms with van der Waals surface area (Å²) in [6.07, 6.45) is 5.03. The summed E-state index contributed by atoms with van der Waals surface area (Å²) in [5.74, 6) is 1.31. The first-order valence-corrected chi connectivity index (χ1v) is 9.68. The summed E-state index contributed by atoms with van der Waals surface area (Å²) in [5, 5.41) is 0. The number of hydrogen-bond acceptors (Lipinski definition) is 4. The molecule has 1 saturated carbocycles. The van der Waals surface area contributed by atoms with E-state index in [1.165, 1.54) is 12.8 Å². The number of nitrogens with two attached hydrogens (primary N) is 2. The van der Waals surface area contributed by atoms with Crippen LogP contribution < -0.4 is 16.4 Å². The van der Waals surface area contributed by atoms with Crippen LogP contribution >= 0.6 is 0 Å². The van der Waals surface area contributed by atoms with Crippen LogP contribution in [0, 0.1) is 18.8 Å². The fourth-order valence-corrected chi connectivity index (χ4v) is 4.07. The van der Waals surface area contributed by atoms with E-state index in [4.69, 9.17) is 11.5 Å². The van der Waals surface area contributed by atoms with Crippen molar-refractivity contribution in [2.45, 2.75) is 46.1 Å². The molecule has 1 aliphatic carbocycles. The second-order valence-electron chi connectivity index (χ2n) is 7.86. The molecule has 6 nitrogen and oxygen atoms in total. The molecule has 4 N–H and O–H groups in total. The molecule has 1 aromatic heterocycles. The molecule has 1 fully saturated rings. The van der Waals surface area contributed by atoms with Gasteiger partial charge in [-0.2, -0.15) is 0 Å². The van der Waals surface area contributed by atoms with Crippen molar-refractivity contribution in [2.24, 2.45) is 17.6 Å². The van der Waals surface area contributed by atoms with E-state index >= 15 is 0 Å². The van der Waals surface area contributed by atoms with Gasteiger partial charge in [-0.25, -0.2) is 4.98 Å². The van der Waals surface area contributed by atoms with Crippen molar-refractivity contribution >= 4 is 23.3 Å². The van der Waals surface area contributed by atoms with Gasteiger partial charge in [0.15, 0.2) is 0 Å². The summed E-state index contributed by atoms with van der Waals surface area (Å²) in [4.78, 5) is 29.2. The number of hydrogen-bond donors (Lipinski definition) is 2. The summed E-state index contributed by atoms with van der Waals surface area (Å²) >= 11 is 0. The number of nitrogens with zero attached hydrogens (tertiary/aromatic N) is 2. The summed E-state index contributed by atoms with van der Waals surface area (Å²) in [7, 11) is 0. The normalized spacial score (nSPS) is 20.6. The lowest BCUT2D eigenvalue weighted by Crippen LogP contribution is -2.48. The highest BCUT2D eigenvalue weighted by atomic mass is 16.2. The molecule has 2 amide bonds. The van der Waals surface area contributed by atoms with Crippen molar-refractivity contribution in [3.8, 4) is 0 Å². The molecular formula is C22H28N4O2. The van der Waals surface area contributed by atoms with E-state index in [0.717, 1.165) is 23.2 Å². The third-order valence-electron chi connectivity index (χ3n) is 5.43. The van der Waals surface area contributed by atoms with Gasteiger partial charge in [0.05, 0.1) is 0 Å². The number of benzene rings is 1. The first-order chi connectivity index (χ1) is 13.3. The highest BCUT2D eigenvalue weighted by Crippen LogP contribution is 2.45. The minimum Gasteiger partial charge on any atom is -0.384 e. The molecule has 2 heterocycles. The molecule has 4 rings (SSSR count). The van der Waals surface area contributed by atoms with E-state index in [2.05, 4.69) is 11.9 Å². The van der Waals surface area contributed by atoms with Gasteiger partial charge in [0, 0.05) is 30.4 Å². The van der Waals surface area contributed by atoms with Crippen molar-refractivity contribution in [3.63, 3.8) is 0 Å². The lowest BCUT2D eigenvalue weighted by atomic mass is 9.83. The molecule has 148 valence electrons. The Bertz CT molecular complexity index is 875. The third-order valence-corrected chi connectivity index (χ3v) is 5.43. The third kappa shape index (κ3) is 4.32. The fraction of sp³-hybridized carbons (Fsp3) is 0.409. The maximum absolute atomic E-state index is 12.1. The summed E-state index contributed by atoms with van der Waals surface area (Å²) in [5.41, 5.74) is 14.4. The number of fused-ring (bicyclic) bond motifs is 1. The minimum absolute atomic E-state index is 0.0847. The Morgan fingerprint density at radius 1 is 1.18 bits per heavy atom. The van der Waals surface area contributed by atoms with Gasteiger partial charge in [-0.1, -0.05) is 6.92 Å². The van der Waals surface area contributed by atoms with Gasteiger partial charge < -0.3 is 16.4 Å². The van der Waals surface area contributed by atoms with Crippen LogP contribution in [0.15, 0.2) is 36.5 Å². The van der Waals surface area contributed by atoms with Gasteiger partial charge in [0.1, 0.15) is 5.82 Å². The van der Waals surface area contributed by atoms with E-state index in [1.807, 2.05) is 36.1 Å². The maximum Gasteiger partial charge on any atom is 0.248 e. The van der Waals surface area contributed by atoms with Crippen LogP contribution in [0.5, 0.6) is 0 Å². The number of aromatic nitrogens is 1. The second-order valence-corrected chi connectivity index (χ2v) is 7.86. The van der Waals surface area contributed by atoms with E-state index in [-0.39, 0.29) is 5.91 Å². The SMILES string of the molecule is CC(=O)N1c2ccc(C(N)=O)cc2CC(C)[C@@H]1C1CC1.Cc1ccnc(N)c1. The molecule has 0 bridgehead atoms. The highest BCUT2D eigenvalue weighted by molar-refractivity contribution is 5.97. The molecule has 1 aliphatic heterocycles. The van der Waals surface area contributed by atoms with Crippen LogP contribution in [-0.4, -0.2) is 22.8 Å². The van der Waals surface area contributed by atoms with E-state index in [1.54, 1.807) is 19.2 Å². The molecule has 1 aromatic carbocycles. The number of carbonyl (C=O) groups is 2. The summed E-state index contributed by atoms with van der Waals surface area (Å²) < 4.78 is 0. The molecule has 2 aliphatic rings. The average molecular weight is 380 g/mol. The minimum atomic E-state index is -0.417. The number of aryl methyl sites for hydroxylation is 1. The Labute approximate surface area is 165 Å². The quantitative estimate of drug-likeness (QED) is 0.836. The van der Waals surface area contributed by atoms with Crippen LogP contribution in [0.1, 0.15) is 48.2 Å². The van der Waals surface area contributed by atoms with Crippen LogP contribution in [0.3, 0.4) is 0 Å². The molecule has 0 spiro atoms. The average Bonchev–Trinajstić information content (AvgIpc) is 3.45. The molecule has 6 heteroatoms. The van der Waals surface area contributed by atoms with E-state index in [9.17, 15) is 9.59 Å². The lowest BCUT2D eigenvalue weighted by Gasteiger charge is -2.41. The summed E-state index contributed by atoms with van der Waals surface area (Å²) in [6, 6.07) is 9.48. The molecule has 2 atom stereocenters. The number of rotatable bonds is 2. The Morgan fingerprint density at radius 3 is 2.39 bits per heavy atom. The number of amides is 2. The largest absolute Gasteiger partial charge is 0.384 e. The zero-order valence-corrected chi connectivity index (χ0v) is 16.7. The van der Waals surface area contributed by atoms with E-state index in [0.29, 0.717) is 29.3 Å². The van der Waals surface area contributed by atoms with Crippen molar-refractivity contribution in [1.82, 2.24) is 4.98 Å². The van der Waals surface area contributed by atoms with Crippen LogP contribution in [0.4, 0.5) is 11.5 Å². The zero-order valence-electron chi connectivity index (χ0n) is 16.7. The molecule has 1 unspecified atom stereocenters. The van der Waals surface area contributed by atoms with Crippen molar-refractivity contribution in [1.29, 1.82) is 0 Å². The van der Waals surface area contributed by atoms with Gasteiger partial charge in [-0.15, -0.1) is 0 Å². The van der Waals surface area contributed by atoms with Gasteiger partial charge >= 0.3 is 0 Å². The van der Waals surface area contributed by atoms with Crippen LogP contribution in [0.25, 0.3) is 0 Å². The Balaban J connectivity index is 0.000000236. The van der Waals surface area contributed by atoms with Gasteiger partial charge in [-0.05, 0) is 79.5 Å². The first-order valence-electron chi connectivity index (χ1n) is 9.68. The maximum atomic E-state index is 12.1. The van der Waals surface area contributed by atoms with Crippen LogP contribution in [0.2, 0.25) is 0 Å². The molecule has 28 heavy (non-hydrogen) atoms. The fourth-order valence-electron chi connectivity index (χ4n) is 4.07. The van der Waals surface area contributed by atoms with Gasteiger partial charge in [0.25, 0.3) is 0 Å². The zero-order chi connectivity index (χ0) is 20.4. The van der Waals surface area contributed by atoms with Gasteiger partial charge in [0.2, 0.25) is 11.8 Å². The Hall–Kier alpha value is -2.89. The van der Waals surface area contributed by atoms with Crippen molar-refractivity contribution < 1.29 is 9.59 Å². The number of anilines is 2. The summed E-state index contributed by atoms with van der Waals surface area (Å²) in [6.45, 7) is 5.80. The molecule has 0 radical (unpaired) electrons. The van der Waals surface area contributed by atoms with Crippen molar-refractivity contribution in [2.75, 3.05) is 10.6 Å². The Morgan fingerprint density at radius 2 is 1.89 bits per heavy atom. The molecular weight excluding hydrogens is 352 g/mol. The second kappa shape index (κ2) is 8.00. The predicted molar refractivity (Wildman–Crippen MR) is 111 cm³/mol. The highest BCUT2D eigenvalue weighted by Gasteiger charge is 2.43. The van der Waals surface area contributed by atoms with Gasteiger partial charge in [-0.3, -0.25) is 9.59 Å². The van der Waals surface area contributed by atoms with E-state index < -0.39 is 5.91 Å². The lowest BCUT2D eigenvalue weighted by molar-refractivity contribution is -0.117. The number of pyridine rings is 1. The topological polar surface area (TPSA) is 102 Å². The molecule has 0 saturated heterocycles. The monoisotopic (exact) mass is 380 g/mol. The number of primary amides is 1. The smallest absolute Gasteiger partial charge is 0.248 e. The predicted octanol–water partition coefficient (Wildman–Crippen LogP) is 3.08. The Kier molecular flexibility index (Phi) is 5.68. The first kappa shape index (κ1) is 19.9. The molecule has 2 aromatic rings. The van der Waals surface area contributed by atoms with Crippen LogP contribution in [-0.2, 0) is 11.2 Å². The standard InChI is InChI=1S/C16H20N2O2.C6H8N2/c1-9-7-13-8-12(16(17)20)5-6-14(13)18(10(2)19)15(9)11-3-4-11;1-5-2-3-8-6(7)4-5/h5-6,8-9,11,15H,3-4,7H2,1-2H3,(H2,17,20);2-4H,1H3,(H2,7,8)/t9?,15-;/m1./s1. The van der Waals surface area contributed by atoms with Crippen molar-refractivity contribution in [3.05, 3.63) is 53.2 Å².